The highest BCUT2D eigenvalue weighted by Crippen LogP contribution is 2.33. The van der Waals surface area contributed by atoms with Crippen molar-refractivity contribution in [1.29, 1.82) is 0 Å². The number of hydrogen-bond donors (Lipinski definition) is 1. The first-order valence-electron chi connectivity index (χ1n) is 9.37. The summed E-state index contributed by atoms with van der Waals surface area (Å²) in [7, 11) is 1.30. The van der Waals surface area contributed by atoms with Crippen LogP contribution < -0.4 is 4.74 Å². The monoisotopic (exact) mass is 360 g/mol. The third-order valence-corrected chi connectivity index (χ3v) is 4.20. The largest absolute Gasteiger partial charge is 0.507 e. The van der Waals surface area contributed by atoms with Crippen LogP contribution >= 0.6 is 0 Å². The molecule has 0 saturated heterocycles. The summed E-state index contributed by atoms with van der Waals surface area (Å²) in [5.41, 5.74) is 1.40. The van der Waals surface area contributed by atoms with E-state index in [0.29, 0.717) is 23.5 Å². The Morgan fingerprint density at radius 2 is 1.69 bits per heavy atom. The molecule has 0 saturated carbocycles. The molecule has 0 fully saturated rings. The minimum Gasteiger partial charge on any atom is -0.507 e. The van der Waals surface area contributed by atoms with Crippen LogP contribution in [0.3, 0.4) is 0 Å². The predicted molar refractivity (Wildman–Crippen MR) is 106 cm³/mol. The molecule has 0 atom stereocenters. The van der Waals surface area contributed by atoms with Crippen molar-refractivity contribution in [3.05, 3.63) is 47.1 Å². The number of unbranched alkanes of at least 4 members (excludes halogenated alkanes) is 3. The highest BCUT2D eigenvalue weighted by molar-refractivity contribution is 5.95. The van der Waals surface area contributed by atoms with E-state index in [1.165, 1.54) is 20.0 Å². The van der Waals surface area contributed by atoms with Gasteiger partial charge in [0.25, 0.3) is 0 Å². The summed E-state index contributed by atoms with van der Waals surface area (Å²) >= 11 is 0. The molecule has 0 amide bonds. The summed E-state index contributed by atoms with van der Waals surface area (Å²) in [4.78, 5) is 11.7. The third kappa shape index (κ3) is 6.95. The fourth-order valence-electron chi connectivity index (χ4n) is 2.66. The van der Waals surface area contributed by atoms with Crippen LogP contribution in [0.2, 0.25) is 0 Å². The van der Waals surface area contributed by atoms with Crippen molar-refractivity contribution in [1.82, 2.24) is 0 Å². The van der Waals surface area contributed by atoms with Crippen molar-refractivity contribution in [2.45, 2.75) is 59.3 Å². The average Bonchev–Trinajstić information content (AvgIpc) is 2.63. The smallest absolute Gasteiger partial charge is 0.341 e. The van der Waals surface area contributed by atoms with Crippen molar-refractivity contribution in [3.63, 3.8) is 0 Å². The minimum absolute atomic E-state index is 0.0699. The molecule has 1 rings (SSSR count). The van der Waals surface area contributed by atoms with Gasteiger partial charge in [-0.05, 0) is 64.0 Å². The zero-order valence-corrected chi connectivity index (χ0v) is 16.5. The third-order valence-electron chi connectivity index (χ3n) is 4.20. The molecule has 144 valence electrons. The second kappa shape index (κ2) is 12.2. The van der Waals surface area contributed by atoms with Gasteiger partial charge in [-0.15, -0.1) is 0 Å². The highest BCUT2D eigenvalue weighted by Gasteiger charge is 2.19. The van der Waals surface area contributed by atoms with Crippen LogP contribution in [-0.4, -0.2) is 24.8 Å². The van der Waals surface area contributed by atoms with Gasteiger partial charge in [0.15, 0.2) is 0 Å². The van der Waals surface area contributed by atoms with Crippen molar-refractivity contribution < 1.29 is 19.4 Å². The molecule has 0 bridgehead atoms. The number of methoxy groups -OCH3 is 1. The van der Waals surface area contributed by atoms with E-state index in [2.05, 4.69) is 31.2 Å². The van der Waals surface area contributed by atoms with E-state index in [1.54, 1.807) is 19.9 Å². The van der Waals surface area contributed by atoms with Gasteiger partial charge in [-0.2, -0.15) is 0 Å². The van der Waals surface area contributed by atoms with Crippen LogP contribution in [-0.2, 0) is 4.74 Å². The maximum Gasteiger partial charge on any atom is 0.341 e. The number of aryl methyl sites for hydroxylation is 1. The highest BCUT2D eigenvalue weighted by atomic mass is 16.5. The van der Waals surface area contributed by atoms with Gasteiger partial charge in [0.2, 0.25) is 0 Å². The molecule has 0 aliphatic carbocycles. The van der Waals surface area contributed by atoms with Gasteiger partial charge in [-0.25, -0.2) is 4.79 Å². The summed E-state index contributed by atoms with van der Waals surface area (Å²) in [5.74, 6) is -0.00829. The molecule has 0 spiro atoms. The van der Waals surface area contributed by atoms with Crippen LogP contribution in [0, 0.1) is 13.8 Å². The van der Waals surface area contributed by atoms with Gasteiger partial charge in [-0.1, -0.05) is 31.2 Å². The molecule has 26 heavy (non-hydrogen) atoms. The Balaban J connectivity index is 2.41. The Hall–Kier alpha value is -2.23. The maximum atomic E-state index is 11.7. The van der Waals surface area contributed by atoms with Crippen LogP contribution in [0.15, 0.2) is 30.4 Å². The molecule has 1 N–H and O–H groups in total. The quantitative estimate of drug-likeness (QED) is 0.315. The summed E-state index contributed by atoms with van der Waals surface area (Å²) < 4.78 is 10.5. The number of esters is 1. The number of carbonyl (C=O) groups is 1. The fraction of sp³-hybridized carbons (Fsp3) is 0.500. The molecular formula is C22H32O4. The van der Waals surface area contributed by atoms with Crippen LogP contribution in [0.25, 0.3) is 0 Å². The predicted octanol–water partition coefficient (Wildman–Crippen LogP) is 5.65. The van der Waals surface area contributed by atoms with Gasteiger partial charge in [0.05, 0.1) is 13.7 Å². The Morgan fingerprint density at radius 3 is 2.31 bits per heavy atom. The summed E-state index contributed by atoms with van der Waals surface area (Å²) in [6, 6.07) is 1.77. The Kier molecular flexibility index (Phi) is 10.2. The van der Waals surface area contributed by atoms with Gasteiger partial charge < -0.3 is 14.6 Å². The minimum atomic E-state index is -0.539. The number of benzene rings is 1. The number of phenolic OH excluding ortho intramolecular Hbond substituents is 1. The van der Waals surface area contributed by atoms with Crippen molar-refractivity contribution in [2.24, 2.45) is 0 Å². The van der Waals surface area contributed by atoms with Crippen molar-refractivity contribution in [2.75, 3.05) is 13.7 Å². The van der Waals surface area contributed by atoms with Crippen LogP contribution in [0.1, 0.15) is 66.9 Å². The Morgan fingerprint density at radius 1 is 1.08 bits per heavy atom. The molecule has 0 unspecified atom stereocenters. The maximum absolute atomic E-state index is 11.7. The number of ether oxygens (including phenoxy) is 2. The summed E-state index contributed by atoms with van der Waals surface area (Å²) in [6.45, 7) is 6.18. The second-order valence-electron chi connectivity index (χ2n) is 6.30. The molecule has 1 aromatic rings. The van der Waals surface area contributed by atoms with E-state index >= 15 is 0 Å². The van der Waals surface area contributed by atoms with Crippen LogP contribution in [0.4, 0.5) is 0 Å². The van der Waals surface area contributed by atoms with E-state index in [-0.39, 0.29) is 11.3 Å². The lowest BCUT2D eigenvalue weighted by Gasteiger charge is -2.14. The van der Waals surface area contributed by atoms with E-state index in [4.69, 9.17) is 9.47 Å². The average molecular weight is 360 g/mol. The lowest BCUT2D eigenvalue weighted by molar-refractivity contribution is 0.0596. The van der Waals surface area contributed by atoms with E-state index in [9.17, 15) is 9.90 Å². The first-order chi connectivity index (χ1) is 12.5. The van der Waals surface area contributed by atoms with Gasteiger partial charge in [-0.3, -0.25) is 0 Å². The number of phenols is 1. The molecular weight excluding hydrogens is 328 g/mol. The molecule has 4 nitrogen and oxygen atoms in total. The molecule has 1 aromatic carbocycles. The van der Waals surface area contributed by atoms with Crippen molar-refractivity contribution in [3.8, 4) is 11.5 Å². The van der Waals surface area contributed by atoms with E-state index in [1.807, 2.05) is 0 Å². The zero-order chi connectivity index (χ0) is 19.4. The van der Waals surface area contributed by atoms with Crippen LogP contribution in [0.5, 0.6) is 11.5 Å². The molecule has 0 aliphatic rings. The number of aromatic hydroxyl groups is 1. The molecule has 0 heterocycles. The topological polar surface area (TPSA) is 55.8 Å². The molecule has 0 radical (unpaired) electrons. The molecule has 4 heteroatoms. The lowest BCUT2D eigenvalue weighted by atomic mass is 10.0. The molecule has 0 aliphatic heterocycles. The Labute approximate surface area is 157 Å². The van der Waals surface area contributed by atoms with Gasteiger partial charge >= 0.3 is 5.97 Å². The fourth-order valence-corrected chi connectivity index (χ4v) is 2.66. The Bertz CT molecular complexity index is 630. The standard InChI is InChI=1S/C22H32O4/c1-5-6-7-8-9-10-11-12-13-14-15-26-19-16-17(2)20(22(24)25-4)21(23)18(19)3/h6-7,12-13,16,23H,5,8-11,14-15H2,1-4H3/b7-6-,13-12+. The first-order valence-corrected chi connectivity index (χ1v) is 9.37. The number of rotatable bonds is 11. The van der Waals surface area contributed by atoms with Gasteiger partial charge in [0, 0.05) is 5.56 Å². The number of allylic oxidation sites excluding steroid dienone is 3. The SMILES string of the molecule is CC/C=C\CCCC/C=C/CCOc1cc(C)c(C(=O)OC)c(O)c1C. The second-order valence-corrected chi connectivity index (χ2v) is 6.30. The first kappa shape index (κ1) is 21.8. The lowest BCUT2D eigenvalue weighted by Crippen LogP contribution is -2.07. The summed E-state index contributed by atoms with van der Waals surface area (Å²) in [5, 5.41) is 10.2. The van der Waals surface area contributed by atoms with E-state index in [0.717, 1.165) is 25.7 Å². The van der Waals surface area contributed by atoms with E-state index < -0.39 is 5.97 Å². The summed E-state index contributed by atoms with van der Waals surface area (Å²) in [6.07, 6.45) is 15.4. The van der Waals surface area contributed by atoms with Gasteiger partial charge in [0.1, 0.15) is 17.1 Å². The molecule has 0 aromatic heterocycles. The van der Waals surface area contributed by atoms with Crippen molar-refractivity contribution >= 4 is 5.97 Å². The number of carbonyl (C=O) groups excluding carboxylic acids is 1. The zero-order valence-electron chi connectivity index (χ0n) is 16.5. The normalized spacial score (nSPS) is 11.4. The number of hydrogen-bond acceptors (Lipinski definition) is 4.